The summed E-state index contributed by atoms with van der Waals surface area (Å²) in [7, 11) is -0.947. The van der Waals surface area contributed by atoms with Crippen molar-refractivity contribution < 1.29 is 4.21 Å². The minimum Gasteiger partial charge on any atom is -0.341 e. The Morgan fingerprint density at radius 1 is 1.33 bits per heavy atom. The van der Waals surface area contributed by atoms with Crippen LogP contribution in [0, 0.1) is 6.92 Å². The Morgan fingerprint density at radius 3 is 2.79 bits per heavy atom. The van der Waals surface area contributed by atoms with Gasteiger partial charge in [-0.1, -0.05) is 43.2 Å². The molecule has 1 aromatic carbocycles. The number of imidazole rings is 1. The van der Waals surface area contributed by atoms with E-state index in [-0.39, 0.29) is 11.3 Å². The molecule has 3 atom stereocenters. The highest BCUT2D eigenvalue weighted by atomic mass is 32.2. The predicted octanol–water partition coefficient (Wildman–Crippen LogP) is 4.37. The third kappa shape index (κ3) is 3.62. The zero-order chi connectivity index (χ0) is 17.1. The summed E-state index contributed by atoms with van der Waals surface area (Å²) in [5.74, 6) is 0.946. The van der Waals surface area contributed by atoms with Gasteiger partial charge in [-0.3, -0.25) is 0 Å². The monoisotopic (exact) mass is 345 g/mol. The van der Waals surface area contributed by atoms with Crippen molar-refractivity contribution >= 4 is 11.0 Å². The van der Waals surface area contributed by atoms with E-state index in [1.54, 1.807) is 0 Å². The third-order valence-corrected chi connectivity index (χ3v) is 6.80. The molecule has 130 valence electrons. The van der Waals surface area contributed by atoms with Crippen LogP contribution in [0.5, 0.6) is 0 Å². The first-order valence-corrected chi connectivity index (χ1v) is 10.1. The lowest BCUT2D eigenvalue weighted by Crippen LogP contribution is -2.39. The molecule has 24 heavy (non-hydrogen) atoms. The van der Waals surface area contributed by atoms with Crippen molar-refractivity contribution in [2.45, 2.75) is 57.7 Å². The molecule has 0 aliphatic carbocycles. The molecule has 1 saturated heterocycles. The maximum atomic E-state index is 12.8. The van der Waals surface area contributed by atoms with Crippen LogP contribution < -0.4 is 0 Å². The van der Waals surface area contributed by atoms with Crippen LogP contribution in [0.3, 0.4) is 0 Å². The van der Waals surface area contributed by atoms with E-state index in [2.05, 4.69) is 59.3 Å². The number of benzene rings is 1. The maximum absolute atomic E-state index is 12.8. The first-order chi connectivity index (χ1) is 11.6. The highest BCUT2D eigenvalue weighted by Gasteiger charge is 2.32. The van der Waals surface area contributed by atoms with Gasteiger partial charge in [-0.25, -0.2) is 13.5 Å². The van der Waals surface area contributed by atoms with E-state index < -0.39 is 11.0 Å². The average Bonchev–Trinajstić information content (AvgIpc) is 3.11. The van der Waals surface area contributed by atoms with Gasteiger partial charge in [0.15, 0.2) is 0 Å². The topological polar surface area (TPSA) is 49.0 Å². The number of H-pyrrole nitrogens is 1. The Morgan fingerprint density at radius 2 is 2.08 bits per heavy atom. The number of aromatic amines is 1. The number of hydrogen-bond donors (Lipinski definition) is 1. The fourth-order valence-electron chi connectivity index (χ4n) is 3.15. The number of aromatic nitrogens is 2. The molecule has 0 radical (unpaired) electrons. The Labute approximate surface area is 147 Å². The van der Waals surface area contributed by atoms with Gasteiger partial charge >= 0.3 is 0 Å². The molecule has 1 fully saturated rings. The van der Waals surface area contributed by atoms with Gasteiger partial charge in [0.25, 0.3) is 0 Å². The van der Waals surface area contributed by atoms with E-state index in [0.29, 0.717) is 0 Å². The predicted molar refractivity (Wildman–Crippen MR) is 100.0 cm³/mol. The number of nitrogens with zero attached hydrogens (tertiary/aromatic N) is 2. The summed E-state index contributed by atoms with van der Waals surface area (Å²) in [6.07, 6.45) is 6.13. The molecule has 3 unspecified atom stereocenters. The SMILES string of the molecule is CCC(C)S(=O)N1CCCCC1c1ncc(-c2ccc(C)cc2)[nH]1. The van der Waals surface area contributed by atoms with Crippen LogP contribution in [0.4, 0.5) is 0 Å². The van der Waals surface area contributed by atoms with E-state index in [1.807, 2.05) is 6.20 Å². The van der Waals surface area contributed by atoms with Crippen LogP contribution in [0.15, 0.2) is 30.5 Å². The highest BCUT2D eigenvalue weighted by Crippen LogP contribution is 2.32. The first-order valence-electron chi connectivity index (χ1n) is 8.89. The first kappa shape index (κ1) is 17.4. The quantitative estimate of drug-likeness (QED) is 0.874. The van der Waals surface area contributed by atoms with E-state index in [0.717, 1.165) is 42.9 Å². The normalized spacial score (nSPS) is 21.5. The molecule has 0 bridgehead atoms. The van der Waals surface area contributed by atoms with Crippen molar-refractivity contribution in [3.63, 3.8) is 0 Å². The van der Waals surface area contributed by atoms with Gasteiger partial charge < -0.3 is 4.98 Å². The maximum Gasteiger partial charge on any atom is 0.124 e. The average molecular weight is 346 g/mol. The largest absolute Gasteiger partial charge is 0.341 e. The summed E-state index contributed by atoms with van der Waals surface area (Å²) < 4.78 is 15.0. The fourth-order valence-corrected chi connectivity index (χ4v) is 4.67. The molecule has 0 amide bonds. The summed E-state index contributed by atoms with van der Waals surface area (Å²) in [5.41, 5.74) is 3.43. The molecule has 3 rings (SSSR count). The standard InChI is InChI=1S/C19H27N3OS/c1-4-15(3)24(23)22-12-6-5-7-18(22)19-20-13-17(21-19)16-10-8-14(2)9-11-16/h8-11,13,15,18H,4-7,12H2,1-3H3,(H,20,21). The van der Waals surface area contributed by atoms with Crippen molar-refractivity contribution in [1.29, 1.82) is 0 Å². The molecule has 4 nitrogen and oxygen atoms in total. The van der Waals surface area contributed by atoms with Crippen LogP contribution in [0.1, 0.15) is 57.0 Å². The molecule has 1 aromatic heterocycles. The van der Waals surface area contributed by atoms with Gasteiger partial charge in [0, 0.05) is 11.8 Å². The van der Waals surface area contributed by atoms with Crippen LogP contribution in [-0.2, 0) is 11.0 Å². The van der Waals surface area contributed by atoms with Crippen molar-refractivity contribution in [2.24, 2.45) is 0 Å². The second-order valence-electron chi connectivity index (χ2n) is 6.70. The summed E-state index contributed by atoms with van der Waals surface area (Å²) in [6.45, 7) is 7.15. The Bertz CT molecular complexity index is 695. The van der Waals surface area contributed by atoms with Gasteiger partial charge in [-0.2, -0.15) is 0 Å². The minimum atomic E-state index is -0.947. The zero-order valence-electron chi connectivity index (χ0n) is 14.8. The summed E-state index contributed by atoms with van der Waals surface area (Å²) >= 11 is 0. The summed E-state index contributed by atoms with van der Waals surface area (Å²) in [4.78, 5) is 8.10. The van der Waals surface area contributed by atoms with Gasteiger partial charge in [-0.15, -0.1) is 0 Å². The molecule has 1 N–H and O–H groups in total. The number of rotatable bonds is 5. The van der Waals surface area contributed by atoms with Crippen molar-refractivity contribution in [1.82, 2.24) is 14.3 Å². The van der Waals surface area contributed by atoms with Crippen LogP contribution in [-0.4, -0.2) is 30.3 Å². The number of hydrogen-bond acceptors (Lipinski definition) is 2. The molecule has 0 saturated carbocycles. The second kappa shape index (κ2) is 7.62. The number of aryl methyl sites for hydroxylation is 1. The lowest BCUT2D eigenvalue weighted by molar-refractivity contribution is 0.257. The van der Waals surface area contributed by atoms with E-state index in [9.17, 15) is 4.21 Å². The Hall–Kier alpha value is -1.46. The van der Waals surface area contributed by atoms with Gasteiger partial charge in [0.05, 0.1) is 28.9 Å². The van der Waals surface area contributed by atoms with E-state index in [1.165, 1.54) is 12.0 Å². The third-order valence-electron chi connectivity index (χ3n) is 4.88. The molecule has 5 heteroatoms. The van der Waals surface area contributed by atoms with E-state index in [4.69, 9.17) is 0 Å². The number of nitrogens with one attached hydrogen (secondary N) is 1. The Balaban J connectivity index is 1.84. The van der Waals surface area contributed by atoms with Crippen LogP contribution >= 0.6 is 0 Å². The summed E-state index contributed by atoms with van der Waals surface area (Å²) in [6, 6.07) is 8.58. The van der Waals surface area contributed by atoms with Crippen molar-refractivity contribution in [3.8, 4) is 11.3 Å². The zero-order valence-corrected chi connectivity index (χ0v) is 15.6. The Kier molecular flexibility index (Phi) is 5.51. The van der Waals surface area contributed by atoms with E-state index >= 15 is 0 Å². The molecule has 2 heterocycles. The molecule has 0 spiro atoms. The summed E-state index contributed by atoms with van der Waals surface area (Å²) in [5, 5.41) is 0.192. The number of piperidine rings is 1. The van der Waals surface area contributed by atoms with Crippen LogP contribution in [0.25, 0.3) is 11.3 Å². The van der Waals surface area contributed by atoms with Gasteiger partial charge in [0.1, 0.15) is 5.82 Å². The molecule has 1 aliphatic heterocycles. The smallest absolute Gasteiger partial charge is 0.124 e. The lowest BCUT2D eigenvalue weighted by Gasteiger charge is -2.34. The lowest BCUT2D eigenvalue weighted by atomic mass is 10.0. The second-order valence-corrected chi connectivity index (χ2v) is 8.52. The van der Waals surface area contributed by atoms with Crippen LogP contribution in [0.2, 0.25) is 0 Å². The van der Waals surface area contributed by atoms with Gasteiger partial charge in [-0.05, 0) is 38.7 Å². The highest BCUT2D eigenvalue weighted by molar-refractivity contribution is 7.83. The van der Waals surface area contributed by atoms with Gasteiger partial charge in [0.2, 0.25) is 0 Å². The van der Waals surface area contributed by atoms with Crippen molar-refractivity contribution in [3.05, 3.63) is 41.9 Å². The fraction of sp³-hybridized carbons (Fsp3) is 0.526. The minimum absolute atomic E-state index is 0.132. The molecule has 2 aromatic rings. The van der Waals surface area contributed by atoms with Crippen molar-refractivity contribution in [2.75, 3.05) is 6.54 Å². The molecular formula is C19H27N3OS. The molecular weight excluding hydrogens is 318 g/mol. The molecule has 1 aliphatic rings.